The predicted octanol–water partition coefficient (Wildman–Crippen LogP) is 2.50. The number of benzene rings is 1. The smallest absolute Gasteiger partial charge is 0.339 e. The third-order valence-corrected chi connectivity index (χ3v) is 3.35. The van der Waals surface area contributed by atoms with E-state index in [1.54, 1.807) is 13.0 Å². The van der Waals surface area contributed by atoms with E-state index in [-0.39, 0.29) is 11.5 Å². The maximum Gasteiger partial charge on any atom is 0.339 e. The highest BCUT2D eigenvalue weighted by molar-refractivity contribution is 6.31. The first kappa shape index (κ1) is 14.3. The molecule has 2 rings (SSSR count). The molecule has 2 aromatic rings. The zero-order valence-corrected chi connectivity index (χ0v) is 11.7. The fourth-order valence-electron chi connectivity index (χ4n) is 2.07. The summed E-state index contributed by atoms with van der Waals surface area (Å²) in [6.45, 7) is 1.61. The van der Waals surface area contributed by atoms with Crippen LogP contribution >= 0.6 is 11.6 Å². The van der Waals surface area contributed by atoms with Crippen LogP contribution in [0.5, 0.6) is 0 Å². The summed E-state index contributed by atoms with van der Waals surface area (Å²) in [7, 11) is 0. The Morgan fingerprint density at radius 1 is 1.30 bits per heavy atom. The summed E-state index contributed by atoms with van der Waals surface area (Å²) in [6.07, 6.45) is 1.04. The van der Waals surface area contributed by atoms with Gasteiger partial charge in [-0.1, -0.05) is 29.8 Å². The number of halogens is 1. The van der Waals surface area contributed by atoms with Gasteiger partial charge in [-0.25, -0.2) is 14.8 Å². The maximum atomic E-state index is 11.3. The molecule has 0 saturated carbocycles. The minimum atomic E-state index is -1.04. The quantitative estimate of drug-likeness (QED) is 0.903. The second-order valence-electron chi connectivity index (χ2n) is 4.39. The Kier molecular flexibility index (Phi) is 4.20. The van der Waals surface area contributed by atoms with Crippen molar-refractivity contribution in [3.8, 4) is 0 Å². The van der Waals surface area contributed by atoms with Crippen molar-refractivity contribution in [2.24, 2.45) is 0 Å². The minimum Gasteiger partial charge on any atom is -0.478 e. The lowest BCUT2D eigenvalue weighted by Gasteiger charge is -2.09. The first-order chi connectivity index (χ1) is 9.49. The van der Waals surface area contributed by atoms with Crippen molar-refractivity contribution in [2.75, 3.05) is 5.73 Å². The summed E-state index contributed by atoms with van der Waals surface area (Å²) >= 11 is 6.08. The van der Waals surface area contributed by atoms with Crippen molar-refractivity contribution in [3.63, 3.8) is 0 Å². The summed E-state index contributed by atoms with van der Waals surface area (Å²) in [5.74, 6) is -0.960. The number of hydrogen-bond donors (Lipinski definition) is 2. The molecule has 0 spiro atoms. The lowest BCUT2D eigenvalue weighted by molar-refractivity contribution is 0.0694. The first-order valence-corrected chi connectivity index (χ1v) is 6.46. The molecule has 0 atom stereocenters. The van der Waals surface area contributed by atoms with Crippen LogP contribution in [0.2, 0.25) is 5.02 Å². The largest absolute Gasteiger partial charge is 0.478 e. The Morgan fingerprint density at radius 3 is 2.65 bits per heavy atom. The third-order valence-electron chi connectivity index (χ3n) is 2.98. The highest BCUT2D eigenvalue weighted by Gasteiger charge is 2.17. The molecule has 3 N–H and O–H groups in total. The molecular formula is C14H14ClN3O2. The van der Waals surface area contributed by atoms with Crippen LogP contribution in [0.15, 0.2) is 24.3 Å². The molecule has 6 heteroatoms. The number of nitrogens with zero attached hydrogens (tertiary/aromatic N) is 2. The molecule has 5 nitrogen and oxygen atoms in total. The normalized spacial score (nSPS) is 10.5. The van der Waals surface area contributed by atoms with Crippen molar-refractivity contribution < 1.29 is 9.90 Å². The monoisotopic (exact) mass is 291 g/mol. The van der Waals surface area contributed by atoms with Crippen LogP contribution in [0.25, 0.3) is 0 Å². The molecule has 0 amide bonds. The topological polar surface area (TPSA) is 89.1 Å². The standard InChI is InChI=1S/C14H14ClN3O2/c1-8-12(13(19)20)11(18-14(16)17-8)7-6-9-4-2-3-5-10(9)15/h2-5H,6-7H2,1H3,(H,19,20)(H2,16,17,18). The number of nitrogens with two attached hydrogens (primary N) is 1. The number of carboxylic acid groups (broad SMARTS) is 1. The number of hydrogen-bond acceptors (Lipinski definition) is 4. The number of aryl methyl sites for hydroxylation is 3. The lowest BCUT2D eigenvalue weighted by atomic mass is 10.0. The number of carboxylic acids is 1. The number of nitrogen functional groups attached to an aromatic ring is 1. The van der Waals surface area contributed by atoms with Crippen LogP contribution in [-0.2, 0) is 12.8 Å². The minimum absolute atomic E-state index is 0.0849. The van der Waals surface area contributed by atoms with E-state index in [0.717, 1.165) is 5.56 Å². The van der Waals surface area contributed by atoms with Crippen molar-refractivity contribution in [1.29, 1.82) is 0 Å². The van der Waals surface area contributed by atoms with Crippen LogP contribution in [-0.4, -0.2) is 21.0 Å². The Morgan fingerprint density at radius 2 is 2.00 bits per heavy atom. The van der Waals surface area contributed by atoms with E-state index in [2.05, 4.69) is 9.97 Å². The molecule has 1 heterocycles. The summed E-state index contributed by atoms with van der Waals surface area (Å²) in [4.78, 5) is 19.2. The van der Waals surface area contributed by atoms with E-state index in [1.807, 2.05) is 18.2 Å². The predicted molar refractivity (Wildman–Crippen MR) is 77.0 cm³/mol. The summed E-state index contributed by atoms with van der Waals surface area (Å²) in [5, 5.41) is 9.90. The maximum absolute atomic E-state index is 11.3. The van der Waals surface area contributed by atoms with Gasteiger partial charge in [0.2, 0.25) is 5.95 Å². The number of anilines is 1. The molecule has 1 aromatic carbocycles. The average molecular weight is 292 g/mol. The van der Waals surface area contributed by atoms with Gasteiger partial charge in [-0.2, -0.15) is 0 Å². The molecule has 0 saturated heterocycles. The van der Waals surface area contributed by atoms with Gasteiger partial charge in [0.1, 0.15) is 5.56 Å². The van der Waals surface area contributed by atoms with Crippen molar-refractivity contribution in [1.82, 2.24) is 9.97 Å². The van der Waals surface area contributed by atoms with Crippen molar-refractivity contribution in [3.05, 3.63) is 51.8 Å². The molecule has 0 bridgehead atoms. The number of aromatic carboxylic acids is 1. The van der Waals surface area contributed by atoms with Gasteiger partial charge in [0, 0.05) is 5.02 Å². The summed E-state index contributed by atoms with van der Waals surface area (Å²) in [6, 6.07) is 7.44. The van der Waals surface area contributed by atoms with Crippen molar-refractivity contribution >= 4 is 23.5 Å². The molecule has 1 aromatic heterocycles. The third kappa shape index (κ3) is 3.05. The number of carbonyl (C=O) groups is 1. The van der Waals surface area contributed by atoms with Gasteiger partial charge in [0.25, 0.3) is 0 Å². The SMILES string of the molecule is Cc1nc(N)nc(CCc2ccccc2Cl)c1C(=O)O. The summed E-state index contributed by atoms with van der Waals surface area (Å²) in [5.41, 5.74) is 7.45. The molecule has 0 fully saturated rings. The van der Waals surface area contributed by atoms with Gasteiger partial charge < -0.3 is 10.8 Å². The zero-order valence-electron chi connectivity index (χ0n) is 10.9. The van der Waals surface area contributed by atoms with E-state index < -0.39 is 5.97 Å². The number of rotatable bonds is 4. The van der Waals surface area contributed by atoms with E-state index >= 15 is 0 Å². The Labute approximate surface area is 121 Å². The van der Waals surface area contributed by atoms with Crippen LogP contribution in [0, 0.1) is 6.92 Å². The van der Waals surface area contributed by atoms with Gasteiger partial charge in [0.05, 0.1) is 11.4 Å². The zero-order chi connectivity index (χ0) is 14.7. The molecule has 20 heavy (non-hydrogen) atoms. The van der Waals surface area contributed by atoms with Crippen molar-refractivity contribution in [2.45, 2.75) is 19.8 Å². The Balaban J connectivity index is 2.30. The van der Waals surface area contributed by atoms with Gasteiger partial charge in [-0.15, -0.1) is 0 Å². The van der Waals surface area contributed by atoms with E-state index in [1.165, 1.54) is 0 Å². The molecular weight excluding hydrogens is 278 g/mol. The fraction of sp³-hybridized carbons (Fsp3) is 0.214. The van der Waals surface area contributed by atoms with E-state index in [9.17, 15) is 9.90 Å². The molecule has 0 aliphatic carbocycles. The van der Waals surface area contributed by atoms with Gasteiger partial charge in [-0.3, -0.25) is 0 Å². The lowest BCUT2D eigenvalue weighted by Crippen LogP contribution is -2.13. The van der Waals surface area contributed by atoms with Crippen LogP contribution < -0.4 is 5.73 Å². The molecule has 0 radical (unpaired) electrons. The van der Waals surface area contributed by atoms with E-state index in [0.29, 0.717) is 29.3 Å². The van der Waals surface area contributed by atoms with Crippen LogP contribution in [0.4, 0.5) is 5.95 Å². The number of aromatic nitrogens is 2. The van der Waals surface area contributed by atoms with Gasteiger partial charge in [-0.05, 0) is 31.4 Å². The van der Waals surface area contributed by atoms with Crippen LogP contribution in [0.3, 0.4) is 0 Å². The highest BCUT2D eigenvalue weighted by Crippen LogP contribution is 2.19. The fourth-order valence-corrected chi connectivity index (χ4v) is 2.30. The molecule has 0 aliphatic heterocycles. The first-order valence-electron chi connectivity index (χ1n) is 6.08. The van der Waals surface area contributed by atoms with Gasteiger partial charge >= 0.3 is 5.97 Å². The Hall–Kier alpha value is -2.14. The average Bonchev–Trinajstić information content (AvgIpc) is 2.36. The molecule has 104 valence electrons. The second kappa shape index (κ2) is 5.88. The van der Waals surface area contributed by atoms with E-state index in [4.69, 9.17) is 17.3 Å². The molecule has 0 unspecified atom stereocenters. The summed E-state index contributed by atoms with van der Waals surface area (Å²) < 4.78 is 0. The highest BCUT2D eigenvalue weighted by atomic mass is 35.5. The second-order valence-corrected chi connectivity index (χ2v) is 4.79. The van der Waals surface area contributed by atoms with Crippen LogP contribution in [0.1, 0.15) is 27.3 Å². The molecule has 0 aliphatic rings. The Bertz CT molecular complexity index is 659. The van der Waals surface area contributed by atoms with Gasteiger partial charge in [0.15, 0.2) is 0 Å².